The highest BCUT2D eigenvalue weighted by Gasteiger charge is 2.27. The minimum Gasteiger partial charge on any atom is -0.495 e. The number of piperazine rings is 1. The smallest absolute Gasteiger partial charge is 0.152 e. The van der Waals surface area contributed by atoms with Crippen LogP contribution in [0.25, 0.3) is 26.0 Å². The van der Waals surface area contributed by atoms with Crippen LogP contribution in [0.1, 0.15) is 43.5 Å². The maximum atomic E-state index is 6.56. The second kappa shape index (κ2) is 11.3. The summed E-state index contributed by atoms with van der Waals surface area (Å²) >= 11 is 1.78. The first-order valence-corrected chi connectivity index (χ1v) is 13.5. The number of aryl methyl sites for hydroxylation is 1. The van der Waals surface area contributed by atoms with Crippen molar-refractivity contribution in [1.82, 2.24) is 24.8 Å². The van der Waals surface area contributed by atoms with E-state index in [0.29, 0.717) is 11.7 Å². The number of fused-ring (bicyclic) bond motifs is 2. The molecule has 194 valence electrons. The Morgan fingerprint density at radius 2 is 1.92 bits per heavy atom. The molecule has 0 amide bonds. The number of nitrogens with zero attached hydrogens (tertiary/aromatic N) is 4. The first-order chi connectivity index (χ1) is 17.0. The summed E-state index contributed by atoms with van der Waals surface area (Å²) in [5.74, 6) is 2.06. The largest absolute Gasteiger partial charge is 0.495 e. The van der Waals surface area contributed by atoms with Crippen molar-refractivity contribution in [2.75, 3.05) is 39.0 Å². The number of anilines is 1. The highest BCUT2D eigenvalue weighted by molar-refractivity contribution is 7.22. The highest BCUT2D eigenvalue weighted by atomic mass is 35.5. The number of rotatable bonds is 8. The predicted octanol–water partition coefficient (Wildman–Crippen LogP) is 5.32. The summed E-state index contributed by atoms with van der Waals surface area (Å²) in [6, 6.07) is 6.64. The molecular formula is C27H37ClN6OS. The van der Waals surface area contributed by atoms with Crippen molar-refractivity contribution in [2.45, 2.75) is 46.6 Å². The number of methoxy groups -OCH3 is 1. The van der Waals surface area contributed by atoms with Crippen molar-refractivity contribution in [3.63, 3.8) is 0 Å². The van der Waals surface area contributed by atoms with Gasteiger partial charge >= 0.3 is 0 Å². The third-order valence-corrected chi connectivity index (χ3v) is 8.57. The Balaban J connectivity index is 0.00000304. The zero-order chi connectivity index (χ0) is 24.5. The molecule has 3 aromatic heterocycles. The van der Waals surface area contributed by atoms with Crippen LogP contribution >= 0.6 is 23.7 Å². The molecule has 36 heavy (non-hydrogen) atoms. The number of nitrogens with two attached hydrogens (primary N) is 1. The Labute approximate surface area is 223 Å². The van der Waals surface area contributed by atoms with Gasteiger partial charge in [0.25, 0.3) is 0 Å². The van der Waals surface area contributed by atoms with Gasteiger partial charge in [0.05, 0.1) is 17.5 Å². The second-order valence-corrected chi connectivity index (χ2v) is 10.7. The van der Waals surface area contributed by atoms with Crippen molar-refractivity contribution < 1.29 is 4.74 Å². The molecule has 1 aromatic carbocycles. The summed E-state index contributed by atoms with van der Waals surface area (Å²) in [6.07, 6.45) is 4.90. The van der Waals surface area contributed by atoms with Crippen LogP contribution in [0.5, 0.6) is 5.75 Å². The normalized spacial score (nSPS) is 14.6. The molecule has 0 radical (unpaired) electrons. The van der Waals surface area contributed by atoms with Crippen LogP contribution in [0, 0.1) is 12.8 Å². The Hall–Kier alpha value is -2.39. The molecule has 5 rings (SSSR count). The van der Waals surface area contributed by atoms with Crippen molar-refractivity contribution in [3.05, 3.63) is 41.3 Å². The standard InChI is InChI=1S/C27H36N6OS.ClH/c1-5-18(6-2)13-20-21(15-32-9-7-29-8-10-32)33-25(27(28)30-16-31-33)24(20)23-14-19-11-17(3)12-22(34-4)26(19)35-23;/h11-12,14,16,18,29H,5-10,13,15H2,1-4H3,(H2,28,30,31);1H. The molecule has 3 N–H and O–H groups in total. The van der Waals surface area contributed by atoms with Crippen LogP contribution in [-0.2, 0) is 13.0 Å². The molecule has 9 heteroatoms. The van der Waals surface area contributed by atoms with Gasteiger partial charge in [-0.25, -0.2) is 9.50 Å². The fraction of sp³-hybridized carbons (Fsp3) is 0.481. The van der Waals surface area contributed by atoms with Gasteiger partial charge in [-0.15, -0.1) is 23.7 Å². The zero-order valence-corrected chi connectivity index (χ0v) is 23.3. The van der Waals surface area contributed by atoms with Crippen molar-refractivity contribution in [2.24, 2.45) is 5.92 Å². The fourth-order valence-corrected chi connectivity index (χ4v) is 6.56. The van der Waals surface area contributed by atoms with Crippen LogP contribution in [0.2, 0.25) is 0 Å². The minimum absolute atomic E-state index is 0. The molecule has 0 saturated carbocycles. The quantitative estimate of drug-likeness (QED) is 0.322. The third kappa shape index (κ3) is 4.92. The minimum atomic E-state index is 0. The maximum absolute atomic E-state index is 6.56. The molecule has 1 aliphatic rings. The van der Waals surface area contributed by atoms with Gasteiger partial charge in [-0.3, -0.25) is 4.90 Å². The summed E-state index contributed by atoms with van der Waals surface area (Å²) in [5, 5.41) is 9.41. The molecule has 7 nitrogen and oxygen atoms in total. The molecule has 4 aromatic rings. The third-order valence-electron chi connectivity index (χ3n) is 7.38. The molecule has 0 spiro atoms. The Bertz CT molecular complexity index is 1340. The van der Waals surface area contributed by atoms with E-state index in [-0.39, 0.29) is 12.4 Å². The van der Waals surface area contributed by atoms with Crippen molar-refractivity contribution in [3.8, 4) is 16.2 Å². The summed E-state index contributed by atoms with van der Waals surface area (Å²) in [7, 11) is 1.75. The second-order valence-electron chi connectivity index (χ2n) is 9.61. The van der Waals surface area contributed by atoms with Gasteiger partial charge in [-0.1, -0.05) is 32.8 Å². The van der Waals surface area contributed by atoms with E-state index in [4.69, 9.17) is 15.6 Å². The van der Waals surface area contributed by atoms with E-state index in [1.807, 2.05) is 0 Å². The predicted molar refractivity (Wildman–Crippen MR) is 153 cm³/mol. The lowest BCUT2D eigenvalue weighted by molar-refractivity contribution is 0.228. The summed E-state index contributed by atoms with van der Waals surface area (Å²) in [6.45, 7) is 11.7. The first-order valence-electron chi connectivity index (χ1n) is 12.7. The number of thiophene rings is 1. The van der Waals surface area contributed by atoms with E-state index in [9.17, 15) is 0 Å². The number of nitrogens with one attached hydrogen (secondary N) is 1. The summed E-state index contributed by atoms with van der Waals surface area (Å²) in [5.41, 5.74) is 12.5. The number of hydrogen-bond donors (Lipinski definition) is 2. The molecule has 0 atom stereocenters. The highest BCUT2D eigenvalue weighted by Crippen LogP contribution is 2.45. The molecular weight excluding hydrogens is 492 g/mol. The molecule has 1 saturated heterocycles. The molecule has 0 aliphatic carbocycles. The SMILES string of the molecule is CCC(CC)Cc1c(-c2cc3cc(C)cc(OC)c3s2)c2c(N)ncnn2c1CN1CCNCC1.Cl. The fourth-order valence-electron chi connectivity index (χ4n) is 5.35. The van der Waals surface area contributed by atoms with E-state index >= 15 is 0 Å². The number of nitrogen functional groups attached to an aromatic ring is 1. The average molecular weight is 529 g/mol. The first kappa shape index (κ1) is 26.7. The van der Waals surface area contributed by atoms with Gasteiger partial charge in [0, 0.05) is 43.2 Å². The van der Waals surface area contributed by atoms with Crippen molar-refractivity contribution in [1.29, 1.82) is 0 Å². The van der Waals surface area contributed by atoms with Gasteiger partial charge in [-0.2, -0.15) is 5.10 Å². The van der Waals surface area contributed by atoms with Crippen LogP contribution in [0.15, 0.2) is 24.5 Å². The Kier molecular flexibility index (Phi) is 8.40. The van der Waals surface area contributed by atoms with E-state index < -0.39 is 0 Å². The monoisotopic (exact) mass is 528 g/mol. The van der Waals surface area contributed by atoms with Gasteiger partial charge in [-0.05, 0) is 47.9 Å². The Morgan fingerprint density at radius 1 is 1.17 bits per heavy atom. The van der Waals surface area contributed by atoms with Crippen LogP contribution in [-0.4, -0.2) is 52.8 Å². The lowest BCUT2D eigenvalue weighted by Crippen LogP contribution is -2.43. The lowest BCUT2D eigenvalue weighted by Gasteiger charge is -2.27. The topological polar surface area (TPSA) is 80.7 Å². The van der Waals surface area contributed by atoms with Gasteiger partial charge in [0.15, 0.2) is 5.82 Å². The summed E-state index contributed by atoms with van der Waals surface area (Å²) < 4.78 is 8.99. The molecule has 1 fully saturated rings. The van der Waals surface area contributed by atoms with Crippen LogP contribution < -0.4 is 15.8 Å². The van der Waals surface area contributed by atoms with Gasteiger partial charge in [0.1, 0.15) is 17.6 Å². The van der Waals surface area contributed by atoms with E-state index in [1.165, 1.54) is 37.3 Å². The molecule has 1 aliphatic heterocycles. The van der Waals surface area contributed by atoms with E-state index in [2.05, 4.69) is 58.7 Å². The maximum Gasteiger partial charge on any atom is 0.152 e. The van der Waals surface area contributed by atoms with Gasteiger partial charge in [0.2, 0.25) is 0 Å². The number of halogens is 1. The van der Waals surface area contributed by atoms with Crippen molar-refractivity contribution >= 4 is 45.2 Å². The van der Waals surface area contributed by atoms with Crippen LogP contribution in [0.3, 0.4) is 0 Å². The summed E-state index contributed by atoms with van der Waals surface area (Å²) in [4.78, 5) is 8.14. The van der Waals surface area contributed by atoms with Crippen LogP contribution in [0.4, 0.5) is 5.82 Å². The zero-order valence-electron chi connectivity index (χ0n) is 21.6. The lowest BCUT2D eigenvalue weighted by atomic mass is 9.91. The Morgan fingerprint density at radius 3 is 2.61 bits per heavy atom. The molecule has 0 bridgehead atoms. The molecule has 4 heterocycles. The number of benzene rings is 1. The van der Waals surface area contributed by atoms with Gasteiger partial charge < -0.3 is 15.8 Å². The number of aromatic nitrogens is 3. The average Bonchev–Trinajstić information content (AvgIpc) is 3.42. The van der Waals surface area contributed by atoms with E-state index in [1.54, 1.807) is 24.8 Å². The van der Waals surface area contributed by atoms with E-state index in [0.717, 1.165) is 63.3 Å². The number of ether oxygens (including phenoxy) is 1. The number of hydrogen-bond acceptors (Lipinski definition) is 7. The molecule has 0 unspecified atom stereocenters.